The molecule has 132 valence electrons. The van der Waals surface area contributed by atoms with Gasteiger partial charge in [0.25, 0.3) is 0 Å². The molecule has 0 aliphatic rings. The molecule has 3 aromatic rings. The molecule has 0 spiro atoms. The van der Waals surface area contributed by atoms with Crippen molar-refractivity contribution in [3.05, 3.63) is 47.4 Å². The fourth-order valence-corrected chi connectivity index (χ4v) is 2.94. The first-order valence-corrected chi connectivity index (χ1v) is 8.11. The van der Waals surface area contributed by atoms with Crippen LogP contribution in [0.3, 0.4) is 0 Å². The van der Waals surface area contributed by atoms with Crippen LogP contribution in [0.4, 0.5) is 13.2 Å². The first-order chi connectivity index (χ1) is 11.9. The summed E-state index contributed by atoms with van der Waals surface area (Å²) in [6.45, 7) is 1.72. The van der Waals surface area contributed by atoms with E-state index in [1.165, 1.54) is 22.4 Å². The summed E-state index contributed by atoms with van der Waals surface area (Å²) in [4.78, 5) is 4.07. The Kier molecular flexibility index (Phi) is 4.77. The number of aromatic nitrogens is 5. The topological polar surface area (TPSA) is 95.6 Å². The summed E-state index contributed by atoms with van der Waals surface area (Å²) in [5.41, 5.74) is 5.16. The third-order valence-electron chi connectivity index (χ3n) is 3.21. The lowest BCUT2D eigenvalue weighted by atomic mass is 10.2. The molecule has 3 rings (SSSR count). The summed E-state index contributed by atoms with van der Waals surface area (Å²) >= 11 is 1.21. The fraction of sp³-hybridized carbons (Fsp3) is 0.286. The fourth-order valence-electron chi connectivity index (χ4n) is 2.13. The summed E-state index contributed by atoms with van der Waals surface area (Å²) in [6, 6.07) is 4.90. The van der Waals surface area contributed by atoms with Crippen molar-refractivity contribution in [3.63, 3.8) is 0 Å². The van der Waals surface area contributed by atoms with Gasteiger partial charge in [0.15, 0.2) is 16.8 Å². The van der Waals surface area contributed by atoms with Crippen LogP contribution in [0.2, 0.25) is 0 Å². The Morgan fingerprint density at radius 2 is 2.08 bits per heavy atom. The van der Waals surface area contributed by atoms with Crippen molar-refractivity contribution in [2.24, 2.45) is 5.73 Å². The number of thioether (sulfide) groups is 1. The van der Waals surface area contributed by atoms with E-state index < -0.39 is 11.7 Å². The highest BCUT2D eigenvalue weighted by Crippen LogP contribution is 2.32. The summed E-state index contributed by atoms with van der Waals surface area (Å²) < 4.78 is 45.4. The van der Waals surface area contributed by atoms with Crippen molar-refractivity contribution in [2.75, 3.05) is 0 Å². The predicted molar refractivity (Wildman–Crippen MR) is 82.8 cm³/mol. The van der Waals surface area contributed by atoms with E-state index >= 15 is 0 Å². The van der Waals surface area contributed by atoms with E-state index in [0.717, 1.165) is 12.1 Å². The minimum Gasteiger partial charge on any atom is -0.338 e. The first kappa shape index (κ1) is 17.4. The largest absolute Gasteiger partial charge is 0.416 e. The summed E-state index contributed by atoms with van der Waals surface area (Å²) in [6.07, 6.45) is -4.44. The molecule has 2 N–H and O–H groups in total. The lowest BCUT2D eigenvalue weighted by molar-refractivity contribution is -0.137. The van der Waals surface area contributed by atoms with Crippen molar-refractivity contribution in [3.8, 4) is 5.69 Å². The monoisotopic (exact) mass is 370 g/mol. The average Bonchev–Trinajstić information content (AvgIpc) is 3.17. The molecule has 0 saturated carbocycles. The van der Waals surface area contributed by atoms with Gasteiger partial charge >= 0.3 is 6.18 Å². The second kappa shape index (κ2) is 6.84. The van der Waals surface area contributed by atoms with Gasteiger partial charge in [-0.15, -0.1) is 10.2 Å². The molecular formula is C14H13F3N6OS. The average molecular weight is 370 g/mol. The molecule has 0 bridgehead atoms. The van der Waals surface area contributed by atoms with Crippen molar-refractivity contribution in [1.82, 2.24) is 24.9 Å². The van der Waals surface area contributed by atoms with Gasteiger partial charge in [0.05, 0.1) is 23.5 Å². The number of nitrogens with zero attached hydrogens (tertiary/aromatic N) is 5. The Balaban J connectivity index is 1.94. The molecule has 0 atom stereocenters. The van der Waals surface area contributed by atoms with Crippen LogP contribution >= 0.6 is 11.8 Å². The van der Waals surface area contributed by atoms with Crippen LogP contribution in [0.1, 0.15) is 23.1 Å². The van der Waals surface area contributed by atoms with Crippen LogP contribution in [0, 0.1) is 6.92 Å². The molecule has 0 radical (unpaired) electrons. The predicted octanol–water partition coefficient (Wildman–Crippen LogP) is 2.73. The van der Waals surface area contributed by atoms with E-state index in [0.29, 0.717) is 28.4 Å². The maximum absolute atomic E-state index is 13.0. The van der Waals surface area contributed by atoms with Crippen molar-refractivity contribution < 1.29 is 17.7 Å². The van der Waals surface area contributed by atoms with E-state index in [-0.39, 0.29) is 12.2 Å². The molecule has 2 aromatic heterocycles. The van der Waals surface area contributed by atoms with Crippen LogP contribution in [-0.2, 0) is 18.5 Å². The lowest BCUT2D eigenvalue weighted by Crippen LogP contribution is -2.10. The van der Waals surface area contributed by atoms with E-state index in [2.05, 4.69) is 20.3 Å². The smallest absolute Gasteiger partial charge is 0.338 e. The molecule has 7 nitrogen and oxygen atoms in total. The highest BCUT2D eigenvalue weighted by atomic mass is 32.2. The minimum absolute atomic E-state index is 0.0312. The normalized spacial score (nSPS) is 11.9. The zero-order valence-corrected chi connectivity index (χ0v) is 13.8. The molecule has 2 heterocycles. The van der Waals surface area contributed by atoms with Crippen molar-refractivity contribution in [2.45, 2.75) is 30.6 Å². The third kappa shape index (κ3) is 3.82. The molecule has 1 aromatic carbocycles. The second-order valence-corrected chi connectivity index (χ2v) is 5.95. The van der Waals surface area contributed by atoms with Crippen LogP contribution in [0.15, 0.2) is 33.9 Å². The van der Waals surface area contributed by atoms with E-state index in [4.69, 9.17) is 10.3 Å². The Hall–Kier alpha value is -2.40. The number of hydrogen-bond acceptors (Lipinski definition) is 7. The molecule has 0 fully saturated rings. The molecule has 25 heavy (non-hydrogen) atoms. The summed E-state index contributed by atoms with van der Waals surface area (Å²) in [7, 11) is 0. The second-order valence-electron chi connectivity index (χ2n) is 5.01. The minimum atomic E-state index is -4.44. The van der Waals surface area contributed by atoms with E-state index in [1.54, 1.807) is 13.0 Å². The highest BCUT2D eigenvalue weighted by Gasteiger charge is 2.31. The lowest BCUT2D eigenvalue weighted by Gasteiger charge is -2.12. The molecule has 0 saturated heterocycles. The SMILES string of the molecule is Cc1noc(CSc2nnc(CN)n2-c2cccc(C(F)(F)F)c2)n1. The molecule has 0 aliphatic heterocycles. The molecule has 0 aliphatic carbocycles. The summed E-state index contributed by atoms with van der Waals surface area (Å²) in [5, 5.41) is 12.0. The Bertz CT molecular complexity index is 876. The zero-order valence-electron chi connectivity index (χ0n) is 13.0. The van der Waals surface area contributed by atoms with Crippen LogP contribution in [0.5, 0.6) is 0 Å². The number of alkyl halides is 3. The maximum atomic E-state index is 13.0. The van der Waals surface area contributed by atoms with Gasteiger partial charge in [-0.05, 0) is 25.1 Å². The number of benzene rings is 1. The zero-order chi connectivity index (χ0) is 18.0. The highest BCUT2D eigenvalue weighted by molar-refractivity contribution is 7.98. The van der Waals surface area contributed by atoms with Crippen molar-refractivity contribution >= 4 is 11.8 Å². The maximum Gasteiger partial charge on any atom is 0.416 e. The standard InChI is InChI=1S/C14H13F3N6OS/c1-8-19-12(24-22-8)7-25-13-21-20-11(6-18)23(13)10-4-2-3-9(5-10)14(15,16)17/h2-5H,6-7,18H2,1H3. The van der Waals surface area contributed by atoms with Crippen molar-refractivity contribution in [1.29, 1.82) is 0 Å². The van der Waals surface area contributed by atoms with Gasteiger partial charge in [-0.1, -0.05) is 23.0 Å². The molecular weight excluding hydrogens is 357 g/mol. The van der Waals surface area contributed by atoms with E-state index in [1.807, 2.05) is 0 Å². The summed E-state index contributed by atoms with van der Waals surface area (Å²) in [5.74, 6) is 1.54. The van der Waals surface area contributed by atoms with Crippen LogP contribution in [0.25, 0.3) is 5.69 Å². The van der Waals surface area contributed by atoms with Gasteiger partial charge in [0.1, 0.15) is 0 Å². The quantitative estimate of drug-likeness (QED) is 0.690. The number of nitrogens with two attached hydrogens (primary N) is 1. The Labute approximate surface area is 144 Å². The van der Waals surface area contributed by atoms with Gasteiger partial charge in [-0.25, -0.2) is 0 Å². The Morgan fingerprint density at radius 3 is 2.72 bits per heavy atom. The molecule has 11 heteroatoms. The Morgan fingerprint density at radius 1 is 1.28 bits per heavy atom. The van der Waals surface area contributed by atoms with Crippen LogP contribution in [-0.4, -0.2) is 24.9 Å². The van der Waals surface area contributed by atoms with Gasteiger partial charge in [0, 0.05) is 0 Å². The number of aryl methyl sites for hydroxylation is 1. The van der Waals surface area contributed by atoms with Gasteiger partial charge in [0.2, 0.25) is 5.89 Å². The van der Waals surface area contributed by atoms with Gasteiger partial charge in [-0.3, -0.25) is 4.57 Å². The third-order valence-corrected chi connectivity index (χ3v) is 4.12. The molecule has 0 amide bonds. The molecule has 0 unspecified atom stereocenters. The first-order valence-electron chi connectivity index (χ1n) is 7.12. The van der Waals surface area contributed by atoms with Crippen LogP contribution < -0.4 is 5.73 Å². The number of halogens is 3. The van der Waals surface area contributed by atoms with Gasteiger partial charge < -0.3 is 10.3 Å². The number of rotatable bonds is 5. The number of hydrogen-bond donors (Lipinski definition) is 1. The van der Waals surface area contributed by atoms with E-state index in [9.17, 15) is 13.2 Å². The van der Waals surface area contributed by atoms with Gasteiger partial charge in [-0.2, -0.15) is 18.2 Å².